The Morgan fingerprint density at radius 2 is 2.06 bits per heavy atom. The topological polar surface area (TPSA) is 30.0 Å². The van der Waals surface area contributed by atoms with E-state index >= 15 is 0 Å². The quantitative estimate of drug-likeness (QED) is 0.767. The maximum absolute atomic E-state index is 13.1. The highest BCUT2D eigenvalue weighted by molar-refractivity contribution is 8.00. The minimum absolute atomic E-state index is 0.0340. The van der Waals surface area contributed by atoms with Crippen LogP contribution in [0.5, 0.6) is 0 Å². The van der Waals surface area contributed by atoms with Gasteiger partial charge in [-0.3, -0.25) is 9.78 Å². The number of rotatable bonds is 2. The van der Waals surface area contributed by atoms with Crippen LogP contribution in [0.4, 0.5) is 4.39 Å². The van der Waals surface area contributed by atoms with Gasteiger partial charge in [-0.1, -0.05) is 6.42 Å². The Balaban J connectivity index is 1.76. The first kappa shape index (κ1) is 12.2. The Bertz CT molecular complexity index is 453. The fraction of sp³-hybridized carbons (Fsp3) is 0.571. The number of hydrogen-bond donors (Lipinski definition) is 0. The zero-order valence-electron chi connectivity index (χ0n) is 10.1. The predicted molar refractivity (Wildman–Crippen MR) is 70.3 cm³/mol. The second-order valence-electron chi connectivity index (χ2n) is 5.20. The lowest BCUT2D eigenvalue weighted by Crippen LogP contribution is -2.33. The van der Waals surface area contributed by atoms with E-state index in [0.29, 0.717) is 16.2 Å². The maximum atomic E-state index is 13.1. The molecule has 4 heteroatoms. The lowest BCUT2D eigenvalue weighted by atomic mass is 9.85. The van der Waals surface area contributed by atoms with Crippen LogP contribution in [-0.2, 0) is 0 Å². The highest BCUT2D eigenvalue weighted by Crippen LogP contribution is 2.44. The first-order valence-electron chi connectivity index (χ1n) is 6.53. The highest BCUT2D eigenvalue weighted by atomic mass is 32.2. The summed E-state index contributed by atoms with van der Waals surface area (Å²) < 4.78 is 13.1. The van der Waals surface area contributed by atoms with Crippen molar-refractivity contribution >= 4 is 17.5 Å². The van der Waals surface area contributed by atoms with Gasteiger partial charge >= 0.3 is 0 Å². The second kappa shape index (κ2) is 5.00. The van der Waals surface area contributed by atoms with E-state index < -0.39 is 0 Å². The number of Topliss-reactive ketones (excluding diaryl/α,β-unsaturated/α-hetero) is 1. The summed E-state index contributed by atoms with van der Waals surface area (Å²) in [7, 11) is 0. The molecule has 96 valence electrons. The monoisotopic (exact) mass is 265 g/mol. The fourth-order valence-corrected chi connectivity index (χ4v) is 4.86. The van der Waals surface area contributed by atoms with E-state index in [2.05, 4.69) is 4.98 Å². The number of fused-ring (bicyclic) bond motifs is 2. The van der Waals surface area contributed by atoms with Crippen LogP contribution in [0, 0.1) is 11.7 Å². The molecule has 0 spiro atoms. The molecule has 3 heterocycles. The van der Waals surface area contributed by atoms with Gasteiger partial charge in [0.1, 0.15) is 11.5 Å². The molecule has 0 amide bonds. The molecule has 3 rings (SSSR count). The summed E-state index contributed by atoms with van der Waals surface area (Å²) in [5.41, 5.74) is 0.296. The van der Waals surface area contributed by atoms with Crippen molar-refractivity contribution in [3.05, 3.63) is 29.8 Å². The van der Waals surface area contributed by atoms with Crippen LogP contribution < -0.4 is 0 Å². The molecule has 0 saturated carbocycles. The van der Waals surface area contributed by atoms with Gasteiger partial charge in [-0.05, 0) is 31.7 Å². The summed E-state index contributed by atoms with van der Waals surface area (Å²) in [5.74, 6) is -0.290. The molecule has 2 saturated heterocycles. The molecule has 18 heavy (non-hydrogen) atoms. The van der Waals surface area contributed by atoms with Gasteiger partial charge in [0.05, 0.1) is 0 Å². The normalized spacial score (nSPS) is 31.1. The summed E-state index contributed by atoms with van der Waals surface area (Å²) in [5, 5.41) is 1.25. The van der Waals surface area contributed by atoms with Crippen molar-refractivity contribution in [2.24, 2.45) is 5.92 Å². The Morgan fingerprint density at radius 1 is 1.33 bits per heavy atom. The van der Waals surface area contributed by atoms with Gasteiger partial charge in [0, 0.05) is 28.7 Å². The van der Waals surface area contributed by atoms with Crippen LogP contribution in [0.3, 0.4) is 0 Å². The van der Waals surface area contributed by atoms with Gasteiger partial charge < -0.3 is 0 Å². The van der Waals surface area contributed by atoms with Gasteiger partial charge in [0.2, 0.25) is 0 Å². The molecule has 2 nitrogen and oxygen atoms in total. The van der Waals surface area contributed by atoms with Crippen LogP contribution in [-0.4, -0.2) is 21.3 Å². The van der Waals surface area contributed by atoms with E-state index in [-0.39, 0.29) is 17.5 Å². The van der Waals surface area contributed by atoms with Crippen LogP contribution in [0.15, 0.2) is 18.3 Å². The van der Waals surface area contributed by atoms with Crippen molar-refractivity contribution in [3.63, 3.8) is 0 Å². The minimum Gasteiger partial charge on any atom is -0.292 e. The average Bonchev–Trinajstić information content (AvgIpc) is 2.37. The molecule has 0 aromatic carbocycles. The number of carbonyl (C=O) groups excluding carboxylic acids is 1. The molecule has 2 atom stereocenters. The number of thioether (sulfide) groups is 1. The number of hydrogen-bond acceptors (Lipinski definition) is 3. The summed E-state index contributed by atoms with van der Waals surface area (Å²) in [6, 6.07) is 2.54. The third-order valence-corrected chi connectivity index (χ3v) is 5.50. The fourth-order valence-electron chi connectivity index (χ4n) is 3.02. The third-order valence-electron chi connectivity index (χ3n) is 3.88. The number of pyridine rings is 1. The van der Waals surface area contributed by atoms with Gasteiger partial charge in [-0.15, -0.1) is 0 Å². The van der Waals surface area contributed by atoms with E-state index in [4.69, 9.17) is 0 Å². The van der Waals surface area contributed by atoms with E-state index in [1.165, 1.54) is 37.6 Å². The molecule has 2 unspecified atom stereocenters. The SMILES string of the molecule is O=C(c1cc(F)ccn1)C1CC2CCCC(C1)S2. The molecule has 1 aromatic rings. The summed E-state index contributed by atoms with van der Waals surface area (Å²) >= 11 is 2.05. The first-order chi connectivity index (χ1) is 8.72. The highest BCUT2D eigenvalue weighted by Gasteiger charge is 2.36. The lowest BCUT2D eigenvalue weighted by molar-refractivity contribution is 0.0891. The van der Waals surface area contributed by atoms with Crippen LogP contribution in [0.2, 0.25) is 0 Å². The molecule has 2 bridgehead atoms. The largest absolute Gasteiger partial charge is 0.292 e. The van der Waals surface area contributed by atoms with Crippen molar-refractivity contribution in [1.82, 2.24) is 4.98 Å². The number of ketones is 1. The van der Waals surface area contributed by atoms with Crippen molar-refractivity contribution in [3.8, 4) is 0 Å². The minimum atomic E-state index is -0.376. The van der Waals surface area contributed by atoms with E-state index in [0.717, 1.165) is 12.8 Å². The molecule has 0 aliphatic carbocycles. The van der Waals surface area contributed by atoms with Crippen molar-refractivity contribution in [2.75, 3.05) is 0 Å². The Kier molecular flexibility index (Phi) is 3.37. The second-order valence-corrected chi connectivity index (χ2v) is 6.81. The first-order valence-corrected chi connectivity index (χ1v) is 7.48. The van der Waals surface area contributed by atoms with Gasteiger partial charge in [-0.2, -0.15) is 11.8 Å². The summed E-state index contributed by atoms with van der Waals surface area (Å²) in [4.78, 5) is 16.4. The Labute approximate surface area is 110 Å². The van der Waals surface area contributed by atoms with Crippen molar-refractivity contribution in [2.45, 2.75) is 42.6 Å². The Morgan fingerprint density at radius 3 is 2.72 bits per heavy atom. The maximum Gasteiger partial charge on any atom is 0.184 e. The van der Waals surface area contributed by atoms with Crippen molar-refractivity contribution in [1.29, 1.82) is 0 Å². The van der Waals surface area contributed by atoms with Gasteiger partial charge in [-0.25, -0.2) is 4.39 Å². The van der Waals surface area contributed by atoms with Crippen LogP contribution in [0.25, 0.3) is 0 Å². The van der Waals surface area contributed by atoms with Crippen LogP contribution >= 0.6 is 11.8 Å². The third kappa shape index (κ3) is 2.44. The number of nitrogens with zero attached hydrogens (tertiary/aromatic N) is 1. The van der Waals surface area contributed by atoms with E-state index in [1.807, 2.05) is 11.8 Å². The molecule has 1 aromatic heterocycles. The average molecular weight is 265 g/mol. The van der Waals surface area contributed by atoms with Gasteiger partial charge in [0.15, 0.2) is 5.78 Å². The molecule has 2 aliphatic rings. The smallest absolute Gasteiger partial charge is 0.184 e. The standard InChI is InChI=1S/C14H16FNOS/c15-10-4-5-16-13(8-10)14(17)9-6-11-2-1-3-12(7-9)18-11/h4-5,8-9,11-12H,1-3,6-7H2. The molecule has 0 radical (unpaired) electrons. The molecular weight excluding hydrogens is 249 g/mol. The molecule has 0 N–H and O–H groups in total. The summed E-state index contributed by atoms with van der Waals surface area (Å²) in [6.45, 7) is 0. The number of carbonyl (C=O) groups is 1. The molecular formula is C14H16FNOS. The number of halogens is 1. The van der Waals surface area contributed by atoms with Gasteiger partial charge in [0.25, 0.3) is 0 Å². The zero-order valence-corrected chi connectivity index (χ0v) is 11.0. The molecule has 2 aliphatic heterocycles. The Hall–Kier alpha value is -0.900. The van der Waals surface area contributed by atoms with E-state index in [1.54, 1.807) is 0 Å². The summed E-state index contributed by atoms with van der Waals surface area (Å²) in [6.07, 6.45) is 7.00. The zero-order chi connectivity index (χ0) is 12.5. The lowest BCUT2D eigenvalue weighted by Gasteiger charge is -2.37. The van der Waals surface area contributed by atoms with Crippen molar-refractivity contribution < 1.29 is 9.18 Å². The predicted octanol–water partition coefficient (Wildman–Crippen LogP) is 3.47. The van der Waals surface area contributed by atoms with E-state index in [9.17, 15) is 9.18 Å². The number of aromatic nitrogens is 1. The van der Waals surface area contributed by atoms with Crippen LogP contribution in [0.1, 0.15) is 42.6 Å². The molecule has 2 fully saturated rings.